The van der Waals surface area contributed by atoms with Crippen LogP contribution in [-0.4, -0.2) is 23.7 Å². The van der Waals surface area contributed by atoms with Gasteiger partial charge in [0.2, 0.25) is 0 Å². The third kappa shape index (κ3) is 5.25. The molecular formula is C17H16F3NO3S. The molecule has 0 amide bonds. The van der Waals surface area contributed by atoms with Gasteiger partial charge >= 0.3 is 12.1 Å². The quantitative estimate of drug-likeness (QED) is 0.525. The zero-order valence-electron chi connectivity index (χ0n) is 13.2. The number of alkyl halides is 3. The smallest absolute Gasteiger partial charge is 0.416 e. The number of carboxylic acids is 1. The van der Waals surface area contributed by atoms with Gasteiger partial charge in [-0.25, -0.2) is 4.79 Å². The van der Waals surface area contributed by atoms with Gasteiger partial charge in [-0.15, -0.1) is 0 Å². The van der Waals surface area contributed by atoms with E-state index in [9.17, 15) is 23.1 Å². The number of hydrogen-bond donors (Lipinski definition) is 3. The second-order valence-electron chi connectivity index (χ2n) is 5.03. The topological polar surface area (TPSA) is 58.6 Å². The predicted octanol–water partition coefficient (Wildman–Crippen LogP) is 4.25. The molecule has 134 valence electrons. The standard InChI is InChI=1S/C17H16F3NO3S/c1-24-13-6-7-15(14(8-13)16(22)23)21-10-25-9-11-2-4-12(5-3-11)17(18,19)20/h2-8,10,21,25H,9H2,1H3,(H,22,23). The summed E-state index contributed by atoms with van der Waals surface area (Å²) in [6, 6.07) is 9.58. The number of carbonyl (C=O) groups is 1. The lowest BCUT2D eigenvalue weighted by atomic mass is 10.1. The van der Waals surface area contributed by atoms with E-state index in [0.717, 1.165) is 29.0 Å². The van der Waals surface area contributed by atoms with E-state index < -0.39 is 17.7 Å². The number of rotatable bonds is 6. The summed E-state index contributed by atoms with van der Waals surface area (Å²) in [7, 11) is 1.45. The molecule has 2 aromatic carbocycles. The highest BCUT2D eigenvalue weighted by Crippen LogP contribution is 2.29. The van der Waals surface area contributed by atoms with Crippen LogP contribution in [0, 0.1) is 0 Å². The Bertz CT molecular complexity index is 774. The molecule has 25 heavy (non-hydrogen) atoms. The maximum atomic E-state index is 12.5. The minimum atomic E-state index is -4.34. The van der Waals surface area contributed by atoms with Crippen LogP contribution in [0.3, 0.4) is 0 Å². The summed E-state index contributed by atoms with van der Waals surface area (Å²) in [6.45, 7) is 0. The average Bonchev–Trinajstić information content (AvgIpc) is 2.58. The van der Waals surface area contributed by atoms with Gasteiger partial charge in [-0.2, -0.15) is 24.5 Å². The minimum absolute atomic E-state index is 0.0698. The Balaban J connectivity index is 2.01. The molecule has 0 saturated carbocycles. The molecule has 0 aliphatic carbocycles. The first-order valence-corrected chi connectivity index (χ1v) is 8.28. The van der Waals surface area contributed by atoms with E-state index in [1.165, 1.54) is 25.3 Å². The Kier molecular flexibility index (Phi) is 6.08. The molecule has 0 heterocycles. The summed E-state index contributed by atoms with van der Waals surface area (Å²) in [4.78, 5) is 11.3. The van der Waals surface area contributed by atoms with Crippen LogP contribution in [0.1, 0.15) is 21.5 Å². The summed E-state index contributed by atoms with van der Waals surface area (Å²) in [5.41, 5.74) is 2.19. The van der Waals surface area contributed by atoms with E-state index in [-0.39, 0.29) is 5.56 Å². The Labute approximate surface area is 146 Å². The van der Waals surface area contributed by atoms with Crippen molar-refractivity contribution in [3.05, 3.63) is 59.2 Å². The van der Waals surface area contributed by atoms with E-state index in [0.29, 0.717) is 17.2 Å². The first-order valence-electron chi connectivity index (χ1n) is 7.13. The lowest BCUT2D eigenvalue weighted by Crippen LogP contribution is -2.05. The molecule has 0 aromatic heterocycles. The highest BCUT2D eigenvalue weighted by molar-refractivity contribution is 7.96. The van der Waals surface area contributed by atoms with Crippen LogP contribution in [0.25, 0.3) is 0 Å². The normalized spacial score (nSPS) is 11.8. The zero-order valence-corrected chi connectivity index (χ0v) is 14.1. The SMILES string of the molecule is COc1ccc(NC=[SH]Cc2ccc(C(F)(F)F)cc2)c(C(=O)O)c1. The number of aromatic carboxylic acids is 1. The molecular weight excluding hydrogens is 355 g/mol. The van der Waals surface area contributed by atoms with Crippen molar-refractivity contribution in [1.29, 1.82) is 0 Å². The van der Waals surface area contributed by atoms with Gasteiger partial charge in [-0.1, -0.05) is 12.1 Å². The van der Waals surface area contributed by atoms with Gasteiger partial charge in [0.05, 0.1) is 23.9 Å². The summed E-state index contributed by atoms with van der Waals surface area (Å²) in [5, 5.41) is 12.1. The van der Waals surface area contributed by atoms with Gasteiger partial charge in [0.25, 0.3) is 0 Å². The fourth-order valence-electron chi connectivity index (χ4n) is 2.02. The van der Waals surface area contributed by atoms with Crippen LogP contribution in [0.5, 0.6) is 5.75 Å². The number of ether oxygens (including phenoxy) is 1. The third-order valence-electron chi connectivity index (χ3n) is 3.32. The molecule has 0 atom stereocenters. The molecule has 4 nitrogen and oxygen atoms in total. The summed E-state index contributed by atoms with van der Waals surface area (Å²) in [6.07, 6.45) is -4.34. The Morgan fingerprint density at radius 3 is 2.48 bits per heavy atom. The van der Waals surface area contributed by atoms with Gasteiger partial charge < -0.3 is 15.2 Å². The molecule has 0 aliphatic rings. The largest absolute Gasteiger partial charge is 0.497 e. The van der Waals surface area contributed by atoms with Crippen molar-refractivity contribution in [2.75, 3.05) is 12.4 Å². The fourth-order valence-corrected chi connectivity index (χ4v) is 2.76. The van der Waals surface area contributed by atoms with Crippen molar-refractivity contribution in [3.8, 4) is 5.75 Å². The molecule has 2 N–H and O–H groups in total. The average molecular weight is 371 g/mol. The van der Waals surface area contributed by atoms with Crippen molar-refractivity contribution in [1.82, 2.24) is 0 Å². The molecule has 2 rings (SSSR count). The van der Waals surface area contributed by atoms with E-state index >= 15 is 0 Å². The lowest BCUT2D eigenvalue weighted by Gasteiger charge is -2.08. The molecule has 0 unspecified atom stereocenters. The molecule has 0 saturated heterocycles. The third-order valence-corrected chi connectivity index (χ3v) is 4.18. The summed E-state index contributed by atoms with van der Waals surface area (Å²) >= 11 is 0.784. The Hall–Kier alpha value is -2.48. The second kappa shape index (κ2) is 8.06. The van der Waals surface area contributed by atoms with Gasteiger partial charge in [-0.05, 0) is 35.9 Å². The van der Waals surface area contributed by atoms with Gasteiger partial charge in [-0.3, -0.25) is 0 Å². The van der Waals surface area contributed by atoms with E-state index in [2.05, 4.69) is 5.32 Å². The van der Waals surface area contributed by atoms with Gasteiger partial charge in [0.15, 0.2) is 0 Å². The molecule has 0 spiro atoms. The van der Waals surface area contributed by atoms with Crippen molar-refractivity contribution in [2.24, 2.45) is 0 Å². The number of anilines is 1. The zero-order chi connectivity index (χ0) is 18.4. The predicted molar refractivity (Wildman–Crippen MR) is 93.8 cm³/mol. The minimum Gasteiger partial charge on any atom is -0.497 e. The van der Waals surface area contributed by atoms with Crippen LogP contribution >= 0.6 is 11.4 Å². The maximum Gasteiger partial charge on any atom is 0.416 e. The number of thiol groups is 1. The highest BCUT2D eigenvalue weighted by Gasteiger charge is 2.29. The second-order valence-corrected chi connectivity index (χ2v) is 5.97. The lowest BCUT2D eigenvalue weighted by molar-refractivity contribution is -0.137. The van der Waals surface area contributed by atoms with Crippen LogP contribution in [0.15, 0.2) is 42.5 Å². The van der Waals surface area contributed by atoms with Crippen molar-refractivity contribution in [3.63, 3.8) is 0 Å². The van der Waals surface area contributed by atoms with E-state index in [4.69, 9.17) is 4.74 Å². The number of carboxylic acid groups (broad SMARTS) is 1. The van der Waals surface area contributed by atoms with Gasteiger partial charge in [0, 0.05) is 11.2 Å². The molecule has 0 aliphatic heterocycles. The van der Waals surface area contributed by atoms with Crippen LogP contribution in [0.4, 0.5) is 18.9 Å². The highest BCUT2D eigenvalue weighted by atomic mass is 32.1. The van der Waals surface area contributed by atoms with Crippen molar-refractivity contribution in [2.45, 2.75) is 11.9 Å². The van der Waals surface area contributed by atoms with Crippen LogP contribution in [0.2, 0.25) is 0 Å². The first kappa shape index (κ1) is 18.9. The summed E-state index contributed by atoms with van der Waals surface area (Å²) in [5.74, 6) is -0.150. The Morgan fingerprint density at radius 2 is 1.92 bits per heavy atom. The number of benzene rings is 2. The maximum absolute atomic E-state index is 12.5. The summed E-state index contributed by atoms with van der Waals surface area (Å²) < 4.78 is 42.5. The number of hydrogen-bond acceptors (Lipinski definition) is 2. The van der Waals surface area contributed by atoms with Crippen LogP contribution in [-0.2, 0) is 11.9 Å². The van der Waals surface area contributed by atoms with Crippen molar-refractivity contribution < 1.29 is 27.8 Å². The molecule has 2 aromatic rings. The Morgan fingerprint density at radius 1 is 1.24 bits per heavy atom. The molecule has 0 fully saturated rings. The fraction of sp³-hybridized carbons (Fsp3) is 0.176. The van der Waals surface area contributed by atoms with Gasteiger partial charge in [0.1, 0.15) is 5.75 Å². The molecule has 0 bridgehead atoms. The first-order chi connectivity index (χ1) is 11.8. The van der Waals surface area contributed by atoms with E-state index in [1.807, 2.05) is 0 Å². The number of nitrogens with one attached hydrogen (secondary N) is 1. The molecule has 0 radical (unpaired) electrons. The number of halogens is 3. The molecule has 8 heteroatoms. The number of methoxy groups -OCH3 is 1. The van der Waals surface area contributed by atoms with Crippen molar-refractivity contribution >= 4 is 28.5 Å². The van der Waals surface area contributed by atoms with E-state index in [1.54, 1.807) is 17.6 Å². The van der Waals surface area contributed by atoms with Crippen LogP contribution < -0.4 is 10.1 Å². The monoisotopic (exact) mass is 371 g/mol.